The van der Waals surface area contributed by atoms with Crippen molar-refractivity contribution in [2.75, 3.05) is 6.54 Å². The second-order valence-electron chi connectivity index (χ2n) is 2.67. The molecule has 11 heavy (non-hydrogen) atoms. The molecule has 0 bridgehead atoms. The zero-order valence-electron chi connectivity index (χ0n) is 6.71. The number of aromatic nitrogens is 2. The number of nitrogens with two attached hydrogens (primary N) is 1. The number of hydrogen-bond acceptors (Lipinski definition) is 2. The molecule has 1 unspecified atom stereocenters. The largest absolute Gasteiger partial charge is 0.336 e. The van der Waals surface area contributed by atoms with Gasteiger partial charge >= 0.3 is 0 Å². The van der Waals surface area contributed by atoms with Gasteiger partial charge < -0.3 is 10.3 Å². The number of imidazole rings is 1. The molecule has 1 atom stereocenters. The first-order chi connectivity index (χ1) is 5.16. The van der Waals surface area contributed by atoms with E-state index < -0.39 is 0 Å². The molecule has 0 saturated carbocycles. The molecule has 0 saturated heterocycles. The first kappa shape index (κ1) is 8.56. The van der Waals surface area contributed by atoms with Gasteiger partial charge in [-0.3, -0.25) is 0 Å². The van der Waals surface area contributed by atoms with Crippen LogP contribution in [0, 0.1) is 0 Å². The SMILES string of the molecule is CC(CN)c1c(Cl)ncn1C. The minimum absolute atomic E-state index is 0.273. The molecule has 0 aliphatic carbocycles. The highest BCUT2D eigenvalue weighted by Crippen LogP contribution is 2.20. The summed E-state index contributed by atoms with van der Waals surface area (Å²) in [6.07, 6.45) is 1.70. The van der Waals surface area contributed by atoms with Gasteiger partial charge in [0.2, 0.25) is 0 Å². The molecule has 0 aromatic carbocycles. The molecule has 2 N–H and O–H groups in total. The Morgan fingerprint density at radius 3 is 2.82 bits per heavy atom. The summed E-state index contributed by atoms with van der Waals surface area (Å²) in [7, 11) is 1.92. The molecule has 0 spiro atoms. The van der Waals surface area contributed by atoms with Crippen LogP contribution in [0.2, 0.25) is 5.15 Å². The van der Waals surface area contributed by atoms with Crippen LogP contribution in [-0.2, 0) is 7.05 Å². The van der Waals surface area contributed by atoms with E-state index in [2.05, 4.69) is 4.98 Å². The zero-order valence-corrected chi connectivity index (χ0v) is 7.47. The minimum atomic E-state index is 0.273. The van der Waals surface area contributed by atoms with Crippen LogP contribution < -0.4 is 5.73 Å². The standard InChI is InChI=1S/C7H12ClN3/c1-5(3-9)6-7(8)10-4-11(6)2/h4-5H,3,9H2,1-2H3. The summed E-state index contributed by atoms with van der Waals surface area (Å²) in [5, 5.41) is 0.561. The molecule has 0 aliphatic rings. The van der Waals surface area contributed by atoms with Crippen LogP contribution in [0.3, 0.4) is 0 Å². The number of aryl methyl sites for hydroxylation is 1. The van der Waals surface area contributed by atoms with Crippen molar-refractivity contribution in [1.29, 1.82) is 0 Å². The van der Waals surface area contributed by atoms with Gasteiger partial charge in [-0.15, -0.1) is 0 Å². The molecule has 1 aromatic rings. The zero-order chi connectivity index (χ0) is 8.43. The Morgan fingerprint density at radius 1 is 1.82 bits per heavy atom. The molecule has 1 rings (SSSR count). The van der Waals surface area contributed by atoms with Gasteiger partial charge in [-0.25, -0.2) is 4.98 Å². The fourth-order valence-corrected chi connectivity index (χ4v) is 1.44. The summed E-state index contributed by atoms with van der Waals surface area (Å²) in [5.41, 5.74) is 6.51. The first-order valence-corrected chi connectivity index (χ1v) is 3.91. The Hall–Kier alpha value is -0.540. The van der Waals surface area contributed by atoms with Crippen molar-refractivity contribution in [2.24, 2.45) is 12.8 Å². The molecule has 4 heteroatoms. The number of rotatable bonds is 2. The summed E-state index contributed by atoms with van der Waals surface area (Å²) in [6.45, 7) is 2.63. The van der Waals surface area contributed by atoms with E-state index in [-0.39, 0.29) is 5.92 Å². The highest BCUT2D eigenvalue weighted by Gasteiger charge is 2.12. The van der Waals surface area contributed by atoms with E-state index in [1.807, 2.05) is 18.5 Å². The maximum Gasteiger partial charge on any atom is 0.150 e. The van der Waals surface area contributed by atoms with Crippen molar-refractivity contribution < 1.29 is 0 Å². The van der Waals surface area contributed by atoms with Crippen molar-refractivity contribution in [3.8, 4) is 0 Å². The third kappa shape index (κ3) is 1.54. The van der Waals surface area contributed by atoms with Crippen LogP contribution >= 0.6 is 11.6 Å². The Morgan fingerprint density at radius 2 is 2.45 bits per heavy atom. The second kappa shape index (κ2) is 3.24. The molecule has 62 valence electrons. The first-order valence-electron chi connectivity index (χ1n) is 3.53. The summed E-state index contributed by atoms with van der Waals surface area (Å²) >= 11 is 5.83. The van der Waals surface area contributed by atoms with Gasteiger partial charge in [-0.05, 0) is 0 Å². The van der Waals surface area contributed by atoms with Crippen molar-refractivity contribution in [1.82, 2.24) is 9.55 Å². The molecule has 3 nitrogen and oxygen atoms in total. The summed E-state index contributed by atoms with van der Waals surface area (Å²) in [6, 6.07) is 0. The van der Waals surface area contributed by atoms with Gasteiger partial charge in [0.25, 0.3) is 0 Å². The molecule has 1 aromatic heterocycles. The Kier molecular flexibility index (Phi) is 2.52. The van der Waals surface area contributed by atoms with Crippen molar-refractivity contribution in [3.05, 3.63) is 17.2 Å². The lowest BCUT2D eigenvalue weighted by Crippen LogP contribution is -2.12. The topological polar surface area (TPSA) is 43.8 Å². The van der Waals surface area contributed by atoms with Gasteiger partial charge in [0.15, 0.2) is 5.15 Å². The fourth-order valence-electron chi connectivity index (χ4n) is 1.07. The van der Waals surface area contributed by atoms with Crippen LogP contribution in [0.5, 0.6) is 0 Å². The van der Waals surface area contributed by atoms with Crippen LogP contribution in [0.1, 0.15) is 18.5 Å². The van der Waals surface area contributed by atoms with Gasteiger partial charge in [0.1, 0.15) is 0 Å². The Balaban J connectivity index is 3.00. The number of halogens is 1. The highest BCUT2D eigenvalue weighted by molar-refractivity contribution is 6.30. The Bertz CT molecular complexity index is 224. The van der Waals surface area contributed by atoms with E-state index in [4.69, 9.17) is 17.3 Å². The minimum Gasteiger partial charge on any atom is -0.336 e. The summed E-state index contributed by atoms with van der Waals surface area (Å²) in [4.78, 5) is 3.96. The van der Waals surface area contributed by atoms with Crippen LogP contribution in [-0.4, -0.2) is 16.1 Å². The van der Waals surface area contributed by atoms with Crippen LogP contribution in [0.25, 0.3) is 0 Å². The molecule has 0 amide bonds. The lowest BCUT2D eigenvalue weighted by Gasteiger charge is -2.08. The van der Waals surface area contributed by atoms with E-state index >= 15 is 0 Å². The third-order valence-corrected chi connectivity index (χ3v) is 2.05. The average molecular weight is 174 g/mol. The summed E-state index contributed by atoms with van der Waals surface area (Å²) < 4.78 is 1.90. The lowest BCUT2D eigenvalue weighted by molar-refractivity contribution is 0.694. The van der Waals surface area contributed by atoms with E-state index in [1.54, 1.807) is 6.33 Å². The maximum atomic E-state index is 5.83. The van der Waals surface area contributed by atoms with Crippen molar-refractivity contribution >= 4 is 11.6 Å². The van der Waals surface area contributed by atoms with E-state index in [1.165, 1.54) is 0 Å². The quantitative estimate of drug-likeness (QED) is 0.729. The van der Waals surface area contributed by atoms with Crippen LogP contribution in [0.4, 0.5) is 0 Å². The monoisotopic (exact) mass is 173 g/mol. The molecule has 0 aliphatic heterocycles. The predicted molar refractivity (Wildman–Crippen MR) is 45.7 cm³/mol. The Labute approximate surface area is 71.2 Å². The molecule has 1 heterocycles. The second-order valence-corrected chi connectivity index (χ2v) is 3.03. The fraction of sp³-hybridized carbons (Fsp3) is 0.571. The smallest absolute Gasteiger partial charge is 0.150 e. The molecule has 0 radical (unpaired) electrons. The molecule has 0 fully saturated rings. The lowest BCUT2D eigenvalue weighted by atomic mass is 10.1. The average Bonchev–Trinajstić information content (AvgIpc) is 2.30. The number of hydrogen-bond donors (Lipinski definition) is 1. The highest BCUT2D eigenvalue weighted by atomic mass is 35.5. The summed E-state index contributed by atoms with van der Waals surface area (Å²) in [5.74, 6) is 0.273. The van der Waals surface area contributed by atoms with Gasteiger partial charge in [0, 0.05) is 19.5 Å². The maximum absolute atomic E-state index is 5.83. The van der Waals surface area contributed by atoms with E-state index in [9.17, 15) is 0 Å². The normalized spacial score (nSPS) is 13.5. The predicted octanol–water partition coefficient (Wildman–Crippen LogP) is 1.14. The van der Waals surface area contributed by atoms with Crippen LogP contribution in [0.15, 0.2) is 6.33 Å². The molecular formula is C7H12ClN3. The number of nitrogens with zero attached hydrogens (tertiary/aromatic N) is 2. The van der Waals surface area contributed by atoms with Crippen molar-refractivity contribution in [2.45, 2.75) is 12.8 Å². The molecular weight excluding hydrogens is 162 g/mol. The van der Waals surface area contributed by atoms with Gasteiger partial charge in [-0.1, -0.05) is 18.5 Å². The van der Waals surface area contributed by atoms with E-state index in [0.717, 1.165) is 5.69 Å². The van der Waals surface area contributed by atoms with Crippen molar-refractivity contribution in [3.63, 3.8) is 0 Å². The van der Waals surface area contributed by atoms with E-state index in [0.29, 0.717) is 11.7 Å². The van der Waals surface area contributed by atoms with Gasteiger partial charge in [-0.2, -0.15) is 0 Å². The van der Waals surface area contributed by atoms with Gasteiger partial charge in [0.05, 0.1) is 12.0 Å². The third-order valence-electron chi connectivity index (χ3n) is 1.76.